The number of nitrogens with zero attached hydrogens (tertiary/aromatic N) is 4. The lowest BCUT2D eigenvalue weighted by Crippen LogP contribution is -2.51. The molecule has 1 aliphatic rings. The summed E-state index contributed by atoms with van der Waals surface area (Å²) in [5.41, 5.74) is 7.87. The normalized spacial score (nSPS) is 23.4. The van der Waals surface area contributed by atoms with Gasteiger partial charge in [0.05, 0.1) is 19.0 Å². The summed E-state index contributed by atoms with van der Waals surface area (Å²) in [6.07, 6.45) is 1.21. The minimum atomic E-state index is -2.21. The molecule has 1 saturated heterocycles. The molecule has 1 amide bonds. The van der Waals surface area contributed by atoms with E-state index in [1.807, 2.05) is 6.07 Å². The number of carbonyl (C=O) groups is 1. The van der Waals surface area contributed by atoms with Gasteiger partial charge in [-0.2, -0.15) is 0 Å². The topological polar surface area (TPSA) is 137 Å². The zero-order valence-corrected chi connectivity index (χ0v) is 21.1. The van der Waals surface area contributed by atoms with Crippen molar-refractivity contribution in [3.8, 4) is 0 Å². The van der Waals surface area contributed by atoms with E-state index in [-0.39, 0.29) is 17.6 Å². The number of rotatable bonds is 6. The highest BCUT2D eigenvalue weighted by atomic mass is 28.4. The maximum absolute atomic E-state index is 12.7. The number of fused-ring (bicyclic) bond motifs is 1. The van der Waals surface area contributed by atoms with Crippen LogP contribution in [0.3, 0.4) is 0 Å². The van der Waals surface area contributed by atoms with E-state index in [2.05, 4.69) is 54.1 Å². The molecular weight excluding hydrogens is 452 g/mol. The molecule has 3 aromatic rings. The van der Waals surface area contributed by atoms with Gasteiger partial charge in [0, 0.05) is 5.56 Å². The van der Waals surface area contributed by atoms with E-state index in [1.165, 1.54) is 6.33 Å². The van der Waals surface area contributed by atoms with E-state index in [1.54, 1.807) is 35.2 Å². The van der Waals surface area contributed by atoms with Crippen molar-refractivity contribution < 1.29 is 19.1 Å². The van der Waals surface area contributed by atoms with Gasteiger partial charge in [-0.3, -0.25) is 9.36 Å². The van der Waals surface area contributed by atoms with Crippen molar-refractivity contribution in [2.45, 2.75) is 63.4 Å². The lowest BCUT2D eigenvalue weighted by atomic mass is 10.1. The summed E-state index contributed by atoms with van der Waals surface area (Å²) in [4.78, 5) is 25.7. The Kier molecular flexibility index (Phi) is 6.58. The van der Waals surface area contributed by atoms with Gasteiger partial charge in [-0.15, -0.1) is 0 Å². The molecule has 0 radical (unpaired) electrons. The van der Waals surface area contributed by atoms with E-state index < -0.39 is 32.8 Å². The Morgan fingerprint density at radius 1 is 1.24 bits per heavy atom. The predicted octanol–water partition coefficient (Wildman–Crippen LogP) is 2.69. The molecule has 34 heavy (non-hydrogen) atoms. The summed E-state index contributed by atoms with van der Waals surface area (Å²) in [5.74, 6) is -0.00533. The summed E-state index contributed by atoms with van der Waals surface area (Å²) >= 11 is 0. The van der Waals surface area contributed by atoms with Crippen molar-refractivity contribution in [2.75, 3.05) is 11.9 Å². The molecule has 4 rings (SSSR count). The summed E-state index contributed by atoms with van der Waals surface area (Å²) < 4.78 is 14.5. The van der Waals surface area contributed by atoms with E-state index in [0.717, 1.165) is 0 Å². The zero-order chi connectivity index (χ0) is 24.7. The number of benzene rings is 1. The van der Waals surface area contributed by atoms with Crippen molar-refractivity contribution >= 4 is 31.2 Å². The largest absolute Gasteiger partial charge is 0.408 e. The average Bonchev–Trinajstić information content (AvgIpc) is 3.35. The molecular formula is C23H32N6O4Si. The maximum atomic E-state index is 12.7. The molecule has 0 spiro atoms. The third-order valence-electron chi connectivity index (χ3n) is 6.72. The quantitative estimate of drug-likeness (QED) is 0.454. The van der Waals surface area contributed by atoms with Gasteiger partial charge in [-0.25, -0.2) is 15.0 Å². The second-order valence-corrected chi connectivity index (χ2v) is 14.8. The van der Waals surface area contributed by atoms with Gasteiger partial charge in [-0.05, 0) is 30.3 Å². The second kappa shape index (κ2) is 9.15. The molecule has 2 aromatic heterocycles. The molecule has 4 N–H and O–H groups in total. The zero-order valence-electron chi connectivity index (χ0n) is 20.1. The average molecular weight is 485 g/mol. The van der Waals surface area contributed by atoms with E-state index in [9.17, 15) is 9.90 Å². The number of nitrogens with two attached hydrogens (primary N) is 1. The Bertz CT molecular complexity index is 1160. The minimum Gasteiger partial charge on any atom is -0.408 e. The number of hydrogen-bond donors (Lipinski definition) is 3. The van der Waals surface area contributed by atoms with Crippen LogP contribution in [0.25, 0.3) is 11.2 Å². The number of nitrogens with one attached hydrogen (secondary N) is 1. The fourth-order valence-electron chi connectivity index (χ4n) is 3.69. The monoisotopic (exact) mass is 484 g/mol. The fraction of sp³-hybridized carbons (Fsp3) is 0.478. The third-order valence-corrected chi connectivity index (χ3v) is 11.2. The van der Waals surface area contributed by atoms with E-state index in [4.69, 9.17) is 14.9 Å². The molecule has 1 aliphatic heterocycles. The standard InChI is InChI=1S/C23H32N6O4Si/c1-23(2,3)34(4,5)33-18-16(24)15(11-30)32-22(18)29-13-27-17-19(25-12-26-20(17)29)28-21(31)14-9-7-6-8-10-14/h6-10,12-13,15-16,18,22,30H,11,24H2,1-5H3,(H,25,26,28,31)/t15?,16-,18?,22+/m0/s1. The highest BCUT2D eigenvalue weighted by Crippen LogP contribution is 2.42. The molecule has 0 bridgehead atoms. The number of anilines is 1. The van der Waals surface area contributed by atoms with Gasteiger partial charge in [0.15, 0.2) is 31.5 Å². The Labute approximate surface area is 199 Å². The van der Waals surface area contributed by atoms with Crippen molar-refractivity contribution in [2.24, 2.45) is 5.73 Å². The number of aromatic nitrogens is 4. The molecule has 1 fully saturated rings. The fourth-order valence-corrected chi connectivity index (χ4v) is 5.00. The Morgan fingerprint density at radius 3 is 2.59 bits per heavy atom. The molecule has 1 aromatic carbocycles. The van der Waals surface area contributed by atoms with Gasteiger partial charge in [0.25, 0.3) is 5.91 Å². The number of aliphatic hydroxyl groups excluding tert-OH is 1. The lowest BCUT2D eigenvalue weighted by Gasteiger charge is -2.40. The number of imidazole rings is 1. The van der Waals surface area contributed by atoms with Crippen LogP contribution in [0.4, 0.5) is 5.82 Å². The highest BCUT2D eigenvalue weighted by Gasteiger charge is 2.49. The molecule has 4 atom stereocenters. The predicted molar refractivity (Wildman–Crippen MR) is 131 cm³/mol. The molecule has 3 heterocycles. The van der Waals surface area contributed by atoms with Crippen LogP contribution in [0.15, 0.2) is 43.0 Å². The first-order valence-corrected chi connectivity index (χ1v) is 14.2. The minimum absolute atomic E-state index is 0.0391. The van der Waals surface area contributed by atoms with Crippen LogP contribution in [0.1, 0.15) is 37.4 Å². The number of aliphatic hydroxyl groups is 1. The maximum Gasteiger partial charge on any atom is 0.256 e. The first-order chi connectivity index (χ1) is 16.0. The van der Waals surface area contributed by atoms with Crippen LogP contribution in [0.5, 0.6) is 0 Å². The molecule has 0 saturated carbocycles. The summed E-state index contributed by atoms with van der Waals surface area (Å²) in [7, 11) is -2.21. The summed E-state index contributed by atoms with van der Waals surface area (Å²) in [6, 6.07) is 8.34. The van der Waals surface area contributed by atoms with Crippen LogP contribution in [0, 0.1) is 0 Å². The SMILES string of the molecule is CC(C)(C)[Si](C)(C)OC1[C@@H](N)C(CO)O[C@H]1n1cnc2c(NC(=O)c3ccccc3)ncnc21. The first-order valence-electron chi connectivity index (χ1n) is 11.3. The number of amides is 1. The highest BCUT2D eigenvalue weighted by molar-refractivity contribution is 6.74. The number of hydrogen-bond acceptors (Lipinski definition) is 8. The van der Waals surface area contributed by atoms with E-state index in [0.29, 0.717) is 22.5 Å². The smallest absolute Gasteiger partial charge is 0.256 e. The van der Waals surface area contributed by atoms with Gasteiger partial charge in [0.1, 0.15) is 18.5 Å². The van der Waals surface area contributed by atoms with Crippen LogP contribution in [-0.4, -0.2) is 63.7 Å². The number of ether oxygens (including phenoxy) is 1. The van der Waals surface area contributed by atoms with Crippen LogP contribution in [0.2, 0.25) is 18.1 Å². The molecule has 0 aliphatic carbocycles. The van der Waals surface area contributed by atoms with E-state index >= 15 is 0 Å². The summed E-state index contributed by atoms with van der Waals surface area (Å²) in [5, 5.41) is 12.6. The number of carbonyl (C=O) groups excluding carboxylic acids is 1. The summed E-state index contributed by atoms with van der Waals surface area (Å²) in [6.45, 7) is 10.5. The van der Waals surface area contributed by atoms with Gasteiger partial charge >= 0.3 is 0 Å². The second-order valence-electron chi connectivity index (χ2n) is 10.0. The van der Waals surface area contributed by atoms with Gasteiger partial charge < -0.3 is 25.3 Å². The van der Waals surface area contributed by atoms with Crippen LogP contribution in [-0.2, 0) is 9.16 Å². The Hall–Kier alpha value is -2.70. The first kappa shape index (κ1) is 24.4. The molecule has 10 nitrogen and oxygen atoms in total. The van der Waals surface area contributed by atoms with Crippen LogP contribution < -0.4 is 11.1 Å². The van der Waals surface area contributed by atoms with Crippen molar-refractivity contribution in [3.05, 3.63) is 48.5 Å². The molecule has 2 unspecified atom stereocenters. The van der Waals surface area contributed by atoms with Gasteiger partial charge in [0.2, 0.25) is 0 Å². The lowest BCUT2D eigenvalue weighted by molar-refractivity contribution is -0.0462. The molecule has 182 valence electrons. The van der Waals surface area contributed by atoms with Gasteiger partial charge in [-0.1, -0.05) is 39.0 Å². The van der Waals surface area contributed by atoms with Crippen molar-refractivity contribution in [1.29, 1.82) is 0 Å². The molecule has 11 heteroatoms. The Balaban J connectivity index is 1.68. The Morgan fingerprint density at radius 2 is 1.94 bits per heavy atom. The van der Waals surface area contributed by atoms with Crippen molar-refractivity contribution in [1.82, 2.24) is 19.5 Å². The van der Waals surface area contributed by atoms with Crippen molar-refractivity contribution in [3.63, 3.8) is 0 Å². The van der Waals surface area contributed by atoms with Crippen LogP contribution >= 0.6 is 0 Å². The third kappa shape index (κ3) is 4.49.